The molecule has 7 heteroatoms. The minimum Gasteiger partial charge on any atom is -0.480 e. The zero-order valence-electron chi connectivity index (χ0n) is 8.75. The third-order valence-corrected chi connectivity index (χ3v) is 2.47. The number of nitrogens with one attached hydrogen (secondary N) is 1. The predicted molar refractivity (Wildman–Crippen MR) is 59.2 cm³/mol. The molecule has 1 aromatic heterocycles. The molecule has 0 aliphatic rings. The molecular formula is C9H13N3O3S. The maximum Gasteiger partial charge on any atom is 0.323 e. The Hall–Kier alpha value is -1.18. The lowest BCUT2D eigenvalue weighted by Gasteiger charge is -2.10. The van der Waals surface area contributed by atoms with Crippen LogP contribution in [0.3, 0.4) is 0 Å². The fourth-order valence-corrected chi connectivity index (χ4v) is 1.33. The topological polar surface area (TPSA) is 95.3 Å². The van der Waals surface area contributed by atoms with E-state index in [0.717, 1.165) is 5.56 Å². The van der Waals surface area contributed by atoms with Gasteiger partial charge in [-0.2, -0.15) is 0 Å². The molecule has 0 aliphatic carbocycles. The van der Waals surface area contributed by atoms with Crippen molar-refractivity contribution in [3.05, 3.63) is 18.0 Å². The molecule has 0 spiro atoms. The number of carbonyl (C=O) groups is 1. The van der Waals surface area contributed by atoms with Crippen LogP contribution in [0.25, 0.3) is 0 Å². The van der Waals surface area contributed by atoms with E-state index in [1.54, 1.807) is 12.4 Å². The van der Waals surface area contributed by atoms with Gasteiger partial charge in [-0.3, -0.25) is 10.1 Å². The van der Waals surface area contributed by atoms with E-state index in [4.69, 9.17) is 10.2 Å². The van der Waals surface area contributed by atoms with Gasteiger partial charge in [0.2, 0.25) is 0 Å². The molecule has 0 radical (unpaired) electrons. The van der Waals surface area contributed by atoms with Gasteiger partial charge in [0.25, 0.3) is 0 Å². The van der Waals surface area contributed by atoms with E-state index in [1.807, 2.05) is 6.26 Å². The lowest BCUT2D eigenvalue weighted by molar-refractivity contribution is -0.140. The van der Waals surface area contributed by atoms with Crippen LogP contribution in [-0.4, -0.2) is 45.1 Å². The Morgan fingerprint density at radius 3 is 2.62 bits per heavy atom. The van der Waals surface area contributed by atoms with Gasteiger partial charge >= 0.3 is 5.97 Å². The van der Waals surface area contributed by atoms with E-state index in [-0.39, 0.29) is 0 Å². The third-order valence-electron chi connectivity index (χ3n) is 1.90. The fraction of sp³-hybridized carbons (Fsp3) is 0.444. The predicted octanol–water partition coefficient (Wildman–Crippen LogP) is -0.266. The molecule has 6 nitrogen and oxygen atoms in total. The first-order chi connectivity index (χ1) is 7.67. The van der Waals surface area contributed by atoms with Crippen molar-refractivity contribution in [2.24, 2.45) is 0 Å². The highest BCUT2D eigenvalue weighted by Crippen LogP contribution is 2.06. The third kappa shape index (κ3) is 3.76. The Morgan fingerprint density at radius 2 is 2.19 bits per heavy atom. The molecule has 3 N–H and O–H groups in total. The monoisotopic (exact) mass is 243 g/mol. The Morgan fingerprint density at radius 1 is 1.56 bits per heavy atom. The highest BCUT2D eigenvalue weighted by molar-refractivity contribution is 7.98. The summed E-state index contributed by atoms with van der Waals surface area (Å²) in [7, 11) is 0. The van der Waals surface area contributed by atoms with E-state index in [0.29, 0.717) is 11.7 Å². The molecule has 16 heavy (non-hydrogen) atoms. The molecule has 1 aromatic rings. The Labute approximate surface area is 97.1 Å². The SMILES string of the molecule is CSc1ncc(CN[C@@H](CO)C(=O)O)cn1. The largest absolute Gasteiger partial charge is 0.480 e. The second kappa shape index (κ2) is 6.41. The minimum absolute atomic E-state index is 0.312. The number of aliphatic carboxylic acids is 1. The number of rotatable bonds is 6. The van der Waals surface area contributed by atoms with Gasteiger partial charge in [0.15, 0.2) is 5.16 Å². The summed E-state index contributed by atoms with van der Waals surface area (Å²) in [5.41, 5.74) is 0.775. The minimum atomic E-state index is -1.08. The molecule has 0 aliphatic heterocycles. The molecule has 0 saturated carbocycles. The zero-order valence-corrected chi connectivity index (χ0v) is 9.57. The van der Waals surface area contributed by atoms with E-state index >= 15 is 0 Å². The summed E-state index contributed by atoms with van der Waals surface area (Å²) >= 11 is 1.43. The molecule has 0 fully saturated rings. The van der Waals surface area contributed by atoms with Gasteiger partial charge in [-0.15, -0.1) is 0 Å². The van der Waals surface area contributed by atoms with Crippen LogP contribution in [0.15, 0.2) is 17.6 Å². The second-order valence-corrected chi connectivity index (χ2v) is 3.81. The van der Waals surface area contributed by atoms with Crippen molar-refractivity contribution in [2.75, 3.05) is 12.9 Å². The lowest BCUT2D eigenvalue weighted by Crippen LogP contribution is -2.39. The number of nitrogens with zero attached hydrogens (tertiary/aromatic N) is 2. The number of aromatic nitrogens is 2. The lowest BCUT2D eigenvalue weighted by atomic mass is 10.3. The standard InChI is InChI=1S/C9H13N3O3S/c1-16-9-11-3-6(4-12-9)2-10-7(5-13)8(14)15/h3-4,7,10,13H,2,5H2,1H3,(H,14,15)/t7-/m0/s1. The molecule has 88 valence electrons. The van der Waals surface area contributed by atoms with Crippen molar-refractivity contribution in [1.82, 2.24) is 15.3 Å². The number of thioether (sulfide) groups is 1. The Bertz CT molecular complexity index is 344. The van der Waals surface area contributed by atoms with E-state index < -0.39 is 18.6 Å². The summed E-state index contributed by atoms with van der Waals surface area (Å²) < 4.78 is 0. The van der Waals surface area contributed by atoms with Gasteiger partial charge in [-0.1, -0.05) is 11.8 Å². The van der Waals surface area contributed by atoms with Crippen molar-refractivity contribution < 1.29 is 15.0 Å². The number of hydrogen-bond donors (Lipinski definition) is 3. The number of carboxylic acid groups (broad SMARTS) is 1. The first kappa shape index (κ1) is 12.9. The summed E-state index contributed by atoms with van der Waals surface area (Å²) in [6, 6.07) is -0.958. The van der Waals surface area contributed by atoms with Crippen molar-refractivity contribution in [3.8, 4) is 0 Å². The van der Waals surface area contributed by atoms with Gasteiger partial charge in [0.1, 0.15) is 6.04 Å². The second-order valence-electron chi connectivity index (χ2n) is 3.03. The van der Waals surface area contributed by atoms with Crippen LogP contribution in [-0.2, 0) is 11.3 Å². The average Bonchev–Trinajstić information content (AvgIpc) is 2.30. The molecular weight excluding hydrogens is 230 g/mol. The van der Waals surface area contributed by atoms with Crippen LogP contribution in [0, 0.1) is 0 Å². The highest BCUT2D eigenvalue weighted by Gasteiger charge is 2.14. The summed E-state index contributed by atoms with van der Waals surface area (Å²) in [6.45, 7) is -0.134. The molecule has 0 bridgehead atoms. The number of carboxylic acids is 1. The molecule has 1 atom stereocenters. The van der Waals surface area contributed by atoms with Crippen LogP contribution in [0.5, 0.6) is 0 Å². The van der Waals surface area contributed by atoms with Crippen LogP contribution < -0.4 is 5.32 Å². The van der Waals surface area contributed by atoms with Gasteiger partial charge in [0.05, 0.1) is 6.61 Å². The molecule has 0 amide bonds. The molecule has 0 aromatic carbocycles. The normalized spacial score (nSPS) is 12.4. The van der Waals surface area contributed by atoms with Crippen LogP contribution in [0.1, 0.15) is 5.56 Å². The molecule has 0 saturated heterocycles. The zero-order chi connectivity index (χ0) is 12.0. The van der Waals surface area contributed by atoms with Gasteiger partial charge < -0.3 is 10.2 Å². The van der Waals surface area contributed by atoms with Crippen LogP contribution in [0.4, 0.5) is 0 Å². The first-order valence-corrected chi connectivity index (χ1v) is 5.81. The van der Waals surface area contributed by atoms with Crippen molar-refractivity contribution in [2.45, 2.75) is 17.7 Å². The van der Waals surface area contributed by atoms with E-state index in [9.17, 15) is 4.79 Å². The Kier molecular flexibility index (Phi) is 5.17. The van der Waals surface area contributed by atoms with Crippen molar-refractivity contribution in [1.29, 1.82) is 0 Å². The fourth-order valence-electron chi connectivity index (χ4n) is 1.01. The summed E-state index contributed by atoms with van der Waals surface area (Å²) in [6.07, 6.45) is 5.13. The average molecular weight is 243 g/mol. The van der Waals surface area contributed by atoms with Crippen LogP contribution in [0.2, 0.25) is 0 Å². The number of hydrogen-bond acceptors (Lipinski definition) is 6. The number of aliphatic hydroxyl groups excluding tert-OH is 1. The van der Waals surface area contributed by atoms with E-state index in [1.165, 1.54) is 11.8 Å². The quantitative estimate of drug-likeness (QED) is 0.467. The molecule has 1 heterocycles. The maximum absolute atomic E-state index is 10.6. The smallest absolute Gasteiger partial charge is 0.323 e. The Balaban J connectivity index is 2.50. The summed E-state index contributed by atoms with van der Waals surface area (Å²) in [5.74, 6) is -1.08. The molecule has 0 unspecified atom stereocenters. The van der Waals surface area contributed by atoms with Gasteiger partial charge in [-0.05, 0) is 6.26 Å². The van der Waals surface area contributed by atoms with Crippen LogP contribution >= 0.6 is 11.8 Å². The summed E-state index contributed by atoms with van der Waals surface area (Å²) in [5, 5.41) is 20.8. The maximum atomic E-state index is 10.6. The summed E-state index contributed by atoms with van der Waals surface area (Å²) in [4.78, 5) is 18.7. The first-order valence-electron chi connectivity index (χ1n) is 4.59. The van der Waals surface area contributed by atoms with Gasteiger partial charge in [0, 0.05) is 24.5 Å². The number of aliphatic hydroxyl groups is 1. The molecule has 1 rings (SSSR count). The van der Waals surface area contributed by atoms with Crippen molar-refractivity contribution >= 4 is 17.7 Å². The highest BCUT2D eigenvalue weighted by atomic mass is 32.2. The van der Waals surface area contributed by atoms with Gasteiger partial charge in [-0.25, -0.2) is 9.97 Å². The van der Waals surface area contributed by atoms with E-state index in [2.05, 4.69) is 15.3 Å². The van der Waals surface area contributed by atoms with Crippen molar-refractivity contribution in [3.63, 3.8) is 0 Å².